The van der Waals surface area contributed by atoms with Crippen LogP contribution in [0.4, 0.5) is 0 Å². The van der Waals surface area contributed by atoms with Gasteiger partial charge in [0.25, 0.3) is 0 Å². The van der Waals surface area contributed by atoms with Crippen LogP contribution in [-0.2, 0) is 14.2 Å². The molecule has 1 saturated carbocycles. The molecule has 7 nitrogen and oxygen atoms in total. The average molecular weight is 384 g/mol. The van der Waals surface area contributed by atoms with Crippen LogP contribution in [0.25, 0.3) is 0 Å². The Morgan fingerprint density at radius 3 is 2.56 bits per heavy atom. The van der Waals surface area contributed by atoms with E-state index >= 15 is 0 Å². The predicted octanol–water partition coefficient (Wildman–Crippen LogP) is 0.835. The molecule has 2 heterocycles. The van der Waals surface area contributed by atoms with Crippen LogP contribution in [0.1, 0.15) is 52.9 Å². The van der Waals surface area contributed by atoms with Crippen LogP contribution in [0.3, 0.4) is 0 Å². The summed E-state index contributed by atoms with van der Waals surface area (Å²) in [6, 6.07) is 0. The Hall–Kier alpha value is -0.540. The Morgan fingerprint density at radius 2 is 1.81 bits per heavy atom. The van der Waals surface area contributed by atoms with Gasteiger partial charge in [-0.1, -0.05) is 13.0 Å². The number of hydrogen-bond acceptors (Lipinski definition) is 7. The van der Waals surface area contributed by atoms with Gasteiger partial charge in [0.15, 0.2) is 12.6 Å². The minimum atomic E-state index is -1.60. The van der Waals surface area contributed by atoms with Crippen LogP contribution in [0.5, 0.6) is 0 Å². The number of aliphatic hydroxyl groups excluding tert-OH is 4. The van der Waals surface area contributed by atoms with Gasteiger partial charge in [-0.25, -0.2) is 0 Å². The topological polar surface area (TPSA) is 109 Å². The Balaban J connectivity index is 1.53. The number of rotatable bonds is 3. The molecule has 27 heavy (non-hydrogen) atoms. The van der Waals surface area contributed by atoms with Crippen LogP contribution in [0.15, 0.2) is 11.6 Å². The molecule has 2 aliphatic heterocycles. The molecule has 0 aromatic rings. The number of hydrogen-bond donors (Lipinski definition) is 4. The molecule has 0 amide bonds. The van der Waals surface area contributed by atoms with Crippen LogP contribution >= 0.6 is 0 Å². The summed E-state index contributed by atoms with van der Waals surface area (Å²) < 4.78 is 17.7. The van der Waals surface area contributed by atoms with E-state index in [0.717, 1.165) is 31.3 Å². The molecule has 0 aromatic carbocycles. The zero-order chi connectivity index (χ0) is 19.6. The summed E-state index contributed by atoms with van der Waals surface area (Å²) in [5.74, 6) is 0.502. The van der Waals surface area contributed by atoms with E-state index in [2.05, 4.69) is 26.8 Å². The number of allylic oxidation sites excluding steroid dienone is 1. The van der Waals surface area contributed by atoms with Crippen LogP contribution in [-0.4, -0.2) is 69.1 Å². The van der Waals surface area contributed by atoms with E-state index in [-0.39, 0.29) is 23.2 Å². The lowest BCUT2D eigenvalue weighted by Crippen LogP contribution is -2.58. The van der Waals surface area contributed by atoms with Gasteiger partial charge in [0.05, 0.1) is 17.8 Å². The van der Waals surface area contributed by atoms with Gasteiger partial charge in [-0.3, -0.25) is 0 Å². The van der Waals surface area contributed by atoms with Crippen molar-refractivity contribution in [2.45, 2.75) is 95.0 Å². The molecular formula is C20H32O7. The first-order valence-corrected chi connectivity index (χ1v) is 9.99. The summed E-state index contributed by atoms with van der Waals surface area (Å²) in [4.78, 5) is 0. The lowest BCUT2D eigenvalue weighted by molar-refractivity contribution is -0.339. The summed E-state index contributed by atoms with van der Waals surface area (Å²) in [6.07, 6.45) is 0.107. The largest absolute Gasteiger partial charge is 0.387 e. The third kappa shape index (κ3) is 2.90. The Morgan fingerprint density at radius 1 is 1.07 bits per heavy atom. The van der Waals surface area contributed by atoms with Crippen molar-refractivity contribution in [3.8, 4) is 0 Å². The van der Waals surface area contributed by atoms with Crippen molar-refractivity contribution < 1.29 is 34.6 Å². The van der Waals surface area contributed by atoms with E-state index in [9.17, 15) is 20.4 Å². The molecule has 4 N–H and O–H groups in total. The van der Waals surface area contributed by atoms with Crippen LogP contribution in [0.2, 0.25) is 0 Å². The second-order valence-electron chi connectivity index (χ2n) is 9.48. The summed E-state index contributed by atoms with van der Waals surface area (Å²) in [6.45, 7) is 6.81. The maximum absolute atomic E-state index is 10.1. The first-order valence-electron chi connectivity index (χ1n) is 9.99. The highest BCUT2D eigenvalue weighted by Crippen LogP contribution is 2.64. The molecule has 4 rings (SSSR count). The first-order chi connectivity index (χ1) is 12.6. The van der Waals surface area contributed by atoms with E-state index in [1.165, 1.54) is 6.42 Å². The Kier molecular flexibility index (Phi) is 4.75. The molecule has 2 bridgehead atoms. The molecule has 1 spiro atoms. The number of fused-ring (bicyclic) bond motifs is 1. The maximum atomic E-state index is 10.1. The molecule has 0 radical (unpaired) electrons. The summed E-state index contributed by atoms with van der Waals surface area (Å²) in [5.41, 5.74) is 0.531. The molecule has 154 valence electrons. The van der Waals surface area contributed by atoms with Crippen LogP contribution < -0.4 is 0 Å². The Labute approximate surface area is 159 Å². The molecule has 4 aliphatic rings. The van der Waals surface area contributed by atoms with Crippen molar-refractivity contribution in [2.24, 2.45) is 11.3 Å². The van der Waals surface area contributed by atoms with Crippen LogP contribution in [0, 0.1) is 11.3 Å². The smallest absolute Gasteiger partial charge is 0.189 e. The molecule has 2 saturated heterocycles. The Bertz CT molecular complexity index is 619. The third-order valence-corrected chi connectivity index (χ3v) is 7.53. The van der Waals surface area contributed by atoms with Crippen molar-refractivity contribution >= 4 is 0 Å². The van der Waals surface area contributed by atoms with E-state index in [4.69, 9.17) is 14.2 Å². The van der Waals surface area contributed by atoms with Gasteiger partial charge in [0.1, 0.15) is 18.3 Å². The standard InChI is InChI=1S/C20H32O7/c1-18(2)11-6-8-19(3)7-4-5-12(20(19,9-11)27-18)10-25-17-15(23)13(21)14(22)16(24)26-17/h5,11,13-17,21-24H,4,6-10H2,1-3H3/t11-,13+,14+,15-,16+,17-,19+,20?/m1/s1. The van der Waals surface area contributed by atoms with Gasteiger partial charge >= 0.3 is 0 Å². The van der Waals surface area contributed by atoms with E-state index < -0.39 is 30.9 Å². The highest BCUT2D eigenvalue weighted by atomic mass is 16.7. The van der Waals surface area contributed by atoms with Crippen molar-refractivity contribution in [3.63, 3.8) is 0 Å². The molecule has 1 unspecified atom stereocenters. The van der Waals surface area contributed by atoms with Crippen molar-refractivity contribution in [1.29, 1.82) is 0 Å². The predicted molar refractivity (Wildman–Crippen MR) is 95.5 cm³/mol. The minimum Gasteiger partial charge on any atom is -0.387 e. The van der Waals surface area contributed by atoms with Gasteiger partial charge in [-0.2, -0.15) is 0 Å². The van der Waals surface area contributed by atoms with Gasteiger partial charge in [0.2, 0.25) is 0 Å². The summed E-state index contributed by atoms with van der Waals surface area (Å²) in [7, 11) is 0. The van der Waals surface area contributed by atoms with E-state index in [0.29, 0.717) is 5.92 Å². The molecule has 8 atom stereocenters. The molecule has 0 aromatic heterocycles. The highest BCUT2D eigenvalue weighted by molar-refractivity contribution is 5.31. The molecule has 7 heteroatoms. The molecule has 3 fully saturated rings. The lowest BCUT2D eigenvalue weighted by Gasteiger charge is -2.52. The SMILES string of the molecule is CC1(C)OC23C[C@H]1CC[C@]2(C)CCC=C3CO[C@@H]1O[C@H](O)[C@@H](O)[C@H](O)[C@H]1O. The number of ether oxygens (including phenoxy) is 3. The normalized spacial score (nSPS) is 51.6. The summed E-state index contributed by atoms with van der Waals surface area (Å²) >= 11 is 0. The van der Waals surface area contributed by atoms with Gasteiger partial charge in [-0.05, 0) is 57.4 Å². The van der Waals surface area contributed by atoms with Gasteiger partial charge < -0.3 is 34.6 Å². The zero-order valence-electron chi connectivity index (χ0n) is 16.3. The maximum Gasteiger partial charge on any atom is 0.189 e. The summed E-state index contributed by atoms with van der Waals surface area (Å²) in [5, 5.41) is 39.3. The molecular weight excluding hydrogens is 352 g/mol. The van der Waals surface area contributed by atoms with E-state index in [1.807, 2.05) is 0 Å². The average Bonchev–Trinajstić information content (AvgIpc) is 2.84. The fraction of sp³-hybridized carbons (Fsp3) is 0.900. The second kappa shape index (κ2) is 6.49. The van der Waals surface area contributed by atoms with Crippen molar-refractivity contribution in [1.82, 2.24) is 0 Å². The van der Waals surface area contributed by atoms with Gasteiger partial charge in [-0.15, -0.1) is 0 Å². The monoisotopic (exact) mass is 384 g/mol. The molecule has 2 aliphatic carbocycles. The zero-order valence-corrected chi connectivity index (χ0v) is 16.3. The minimum absolute atomic E-state index is 0.0476. The van der Waals surface area contributed by atoms with Crippen molar-refractivity contribution in [2.75, 3.05) is 6.61 Å². The van der Waals surface area contributed by atoms with Gasteiger partial charge in [0, 0.05) is 5.41 Å². The second-order valence-corrected chi connectivity index (χ2v) is 9.48. The highest BCUT2D eigenvalue weighted by Gasteiger charge is 2.64. The van der Waals surface area contributed by atoms with E-state index in [1.54, 1.807) is 0 Å². The number of aliphatic hydroxyl groups is 4. The lowest BCUT2D eigenvalue weighted by atomic mass is 9.55. The fourth-order valence-electron chi connectivity index (χ4n) is 5.64. The third-order valence-electron chi connectivity index (χ3n) is 7.53. The first kappa shape index (κ1) is 19.8. The fourth-order valence-corrected chi connectivity index (χ4v) is 5.64. The van der Waals surface area contributed by atoms with Crippen molar-refractivity contribution in [3.05, 3.63) is 11.6 Å². The quantitative estimate of drug-likeness (QED) is 0.534.